The van der Waals surface area contributed by atoms with Gasteiger partial charge in [0.1, 0.15) is 5.60 Å². The average molecular weight is 291 g/mol. The maximum atomic E-state index is 11.7. The molecule has 1 aromatic carbocycles. The van der Waals surface area contributed by atoms with Crippen LogP contribution in [-0.2, 0) is 14.0 Å². The summed E-state index contributed by atoms with van der Waals surface area (Å²) in [6.45, 7) is 10.0. The molecule has 0 spiro atoms. The van der Waals surface area contributed by atoms with E-state index in [-0.39, 0.29) is 12.7 Å². The van der Waals surface area contributed by atoms with Gasteiger partial charge in [-0.3, -0.25) is 5.32 Å². The van der Waals surface area contributed by atoms with Crippen molar-refractivity contribution in [3.8, 4) is 0 Å². The fourth-order valence-electron chi connectivity index (χ4n) is 1.94. The van der Waals surface area contributed by atoms with Gasteiger partial charge in [0.15, 0.2) is 0 Å². The first-order valence-electron chi connectivity index (χ1n) is 7.04. The summed E-state index contributed by atoms with van der Waals surface area (Å²) in [6, 6.07) is 7.35. The molecule has 6 heteroatoms. The van der Waals surface area contributed by atoms with E-state index in [1.165, 1.54) is 0 Å². The lowest BCUT2D eigenvalue weighted by Gasteiger charge is -2.19. The minimum absolute atomic E-state index is 0.266. The minimum atomic E-state index is -0.513. The third-order valence-corrected chi connectivity index (χ3v) is 2.84. The molecule has 0 radical (unpaired) electrons. The van der Waals surface area contributed by atoms with Crippen molar-refractivity contribution in [2.24, 2.45) is 0 Å². The fraction of sp³-hybridized carbons (Fsp3) is 0.533. The van der Waals surface area contributed by atoms with Crippen molar-refractivity contribution in [1.82, 2.24) is 0 Å². The highest BCUT2D eigenvalue weighted by Crippen LogP contribution is 2.20. The SMILES string of the molecule is CC(C)(C)OC(=O)Nc1ccc(B2OCC(C)(C)O2)cc1. The Kier molecular flexibility index (Phi) is 4.30. The van der Waals surface area contributed by atoms with E-state index in [0.29, 0.717) is 12.3 Å². The first-order valence-corrected chi connectivity index (χ1v) is 7.04. The van der Waals surface area contributed by atoms with Crippen molar-refractivity contribution in [2.75, 3.05) is 11.9 Å². The lowest BCUT2D eigenvalue weighted by atomic mass is 9.79. The molecule has 0 atom stereocenters. The van der Waals surface area contributed by atoms with Crippen LogP contribution in [0.4, 0.5) is 10.5 Å². The van der Waals surface area contributed by atoms with Crippen molar-refractivity contribution in [2.45, 2.75) is 45.8 Å². The maximum absolute atomic E-state index is 11.7. The van der Waals surface area contributed by atoms with Gasteiger partial charge in [0.25, 0.3) is 0 Å². The molecule has 1 heterocycles. The molecule has 1 amide bonds. The number of hydrogen-bond donors (Lipinski definition) is 1. The van der Waals surface area contributed by atoms with Gasteiger partial charge in [0.2, 0.25) is 0 Å². The maximum Gasteiger partial charge on any atom is 0.494 e. The summed E-state index contributed by atoms with van der Waals surface area (Å²) in [5, 5.41) is 2.69. The summed E-state index contributed by atoms with van der Waals surface area (Å²) in [4.78, 5) is 11.7. The van der Waals surface area contributed by atoms with E-state index in [0.717, 1.165) is 5.46 Å². The number of rotatable bonds is 2. The molecule has 0 unspecified atom stereocenters. The number of carbonyl (C=O) groups is 1. The normalized spacial score (nSPS) is 17.7. The Bertz CT molecular complexity index is 507. The molecule has 0 bridgehead atoms. The second-order valence-electron chi connectivity index (χ2n) is 6.77. The van der Waals surface area contributed by atoms with Gasteiger partial charge < -0.3 is 14.0 Å². The number of amides is 1. The molecule has 1 N–H and O–H groups in total. The highest BCUT2D eigenvalue weighted by molar-refractivity contribution is 6.61. The number of nitrogens with one attached hydrogen (secondary N) is 1. The monoisotopic (exact) mass is 291 g/mol. The van der Waals surface area contributed by atoms with E-state index in [1.807, 2.05) is 46.8 Å². The highest BCUT2D eigenvalue weighted by Gasteiger charge is 2.37. The van der Waals surface area contributed by atoms with Gasteiger partial charge >= 0.3 is 13.2 Å². The Balaban J connectivity index is 1.95. The van der Waals surface area contributed by atoms with Gasteiger partial charge in [-0.1, -0.05) is 12.1 Å². The van der Waals surface area contributed by atoms with E-state index >= 15 is 0 Å². The molecule has 5 nitrogen and oxygen atoms in total. The Hall–Kier alpha value is -1.53. The van der Waals surface area contributed by atoms with Crippen LogP contribution < -0.4 is 10.8 Å². The summed E-state index contributed by atoms with van der Waals surface area (Å²) in [7, 11) is -0.351. The molecule has 1 aliphatic rings. The average Bonchev–Trinajstić information content (AvgIpc) is 2.68. The van der Waals surface area contributed by atoms with Crippen LogP contribution in [0.25, 0.3) is 0 Å². The molecule has 1 saturated heterocycles. The van der Waals surface area contributed by atoms with Gasteiger partial charge in [-0.2, -0.15) is 0 Å². The first-order chi connectivity index (χ1) is 9.65. The molecule has 1 aliphatic heterocycles. The van der Waals surface area contributed by atoms with E-state index in [1.54, 1.807) is 12.1 Å². The van der Waals surface area contributed by atoms with Crippen LogP contribution in [-0.4, -0.2) is 31.0 Å². The second kappa shape index (κ2) is 5.69. The standard InChI is InChI=1S/C15H22BNO4/c1-14(2,3)20-13(18)17-12-8-6-11(7-9-12)16-19-10-15(4,5)21-16/h6-9H,10H2,1-5H3,(H,17,18). The van der Waals surface area contributed by atoms with Crippen LogP contribution in [0.3, 0.4) is 0 Å². The second-order valence-corrected chi connectivity index (χ2v) is 6.77. The third-order valence-electron chi connectivity index (χ3n) is 2.84. The van der Waals surface area contributed by atoms with Crippen LogP contribution in [0.2, 0.25) is 0 Å². The summed E-state index contributed by atoms with van der Waals surface area (Å²) >= 11 is 0. The largest absolute Gasteiger partial charge is 0.494 e. The quantitative estimate of drug-likeness (QED) is 0.851. The lowest BCUT2D eigenvalue weighted by Crippen LogP contribution is -2.34. The van der Waals surface area contributed by atoms with Crippen LogP contribution in [0, 0.1) is 0 Å². The van der Waals surface area contributed by atoms with Gasteiger partial charge in [0, 0.05) is 5.69 Å². The summed E-state index contributed by atoms with van der Waals surface area (Å²) in [5.74, 6) is 0. The molecule has 1 aromatic rings. The lowest BCUT2D eigenvalue weighted by molar-refractivity contribution is 0.0636. The van der Waals surface area contributed by atoms with Crippen molar-refractivity contribution < 1.29 is 18.8 Å². The number of ether oxygens (including phenoxy) is 1. The first kappa shape index (κ1) is 15.9. The third kappa shape index (κ3) is 4.75. The smallest absolute Gasteiger partial charge is 0.444 e. The van der Waals surface area contributed by atoms with Gasteiger partial charge in [-0.25, -0.2) is 4.79 Å². The zero-order valence-corrected chi connectivity index (χ0v) is 13.2. The number of benzene rings is 1. The van der Waals surface area contributed by atoms with Crippen LogP contribution in [0.15, 0.2) is 24.3 Å². The molecule has 2 rings (SSSR count). The fourth-order valence-corrected chi connectivity index (χ4v) is 1.94. The Morgan fingerprint density at radius 1 is 1.29 bits per heavy atom. The van der Waals surface area contributed by atoms with Crippen molar-refractivity contribution in [1.29, 1.82) is 0 Å². The van der Waals surface area contributed by atoms with Crippen molar-refractivity contribution in [3.05, 3.63) is 24.3 Å². The Labute approximate surface area is 126 Å². The Morgan fingerprint density at radius 3 is 2.38 bits per heavy atom. The molecule has 0 saturated carbocycles. The van der Waals surface area contributed by atoms with Crippen molar-refractivity contribution in [3.63, 3.8) is 0 Å². The van der Waals surface area contributed by atoms with Crippen molar-refractivity contribution >= 4 is 24.4 Å². The molecule has 1 fully saturated rings. The number of hydrogen-bond acceptors (Lipinski definition) is 4. The predicted octanol–water partition coefficient (Wildman–Crippen LogP) is 2.55. The molecule has 114 valence electrons. The molecule has 0 aliphatic carbocycles. The number of carbonyl (C=O) groups excluding carboxylic acids is 1. The predicted molar refractivity (Wildman–Crippen MR) is 82.8 cm³/mol. The minimum Gasteiger partial charge on any atom is -0.444 e. The van der Waals surface area contributed by atoms with Crippen LogP contribution in [0.1, 0.15) is 34.6 Å². The number of anilines is 1. The Morgan fingerprint density at radius 2 is 1.90 bits per heavy atom. The zero-order chi connectivity index (χ0) is 15.7. The van der Waals surface area contributed by atoms with Gasteiger partial charge in [-0.15, -0.1) is 0 Å². The van der Waals surface area contributed by atoms with Crippen LogP contribution in [0.5, 0.6) is 0 Å². The summed E-state index contributed by atoms with van der Waals surface area (Å²) < 4.78 is 16.6. The summed E-state index contributed by atoms with van der Waals surface area (Å²) in [6.07, 6.45) is -0.468. The molecule has 0 aromatic heterocycles. The topological polar surface area (TPSA) is 56.8 Å². The molecular weight excluding hydrogens is 269 g/mol. The highest BCUT2D eigenvalue weighted by atomic mass is 16.7. The van der Waals surface area contributed by atoms with E-state index < -0.39 is 11.7 Å². The zero-order valence-electron chi connectivity index (χ0n) is 13.2. The van der Waals surface area contributed by atoms with Crippen LogP contribution >= 0.6 is 0 Å². The molecule has 21 heavy (non-hydrogen) atoms. The van der Waals surface area contributed by atoms with Gasteiger partial charge in [-0.05, 0) is 52.2 Å². The van der Waals surface area contributed by atoms with E-state index in [4.69, 9.17) is 14.0 Å². The summed E-state index contributed by atoms with van der Waals surface area (Å²) in [5.41, 5.74) is 0.819. The van der Waals surface area contributed by atoms with E-state index in [2.05, 4.69) is 5.32 Å². The van der Waals surface area contributed by atoms with E-state index in [9.17, 15) is 4.79 Å². The van der Waals surface area contributed by atoms with Gasteiger partial charge in [0.05, 0.1) is 12.2 Å². The molecular formula is C15H22BNO4.